The fourth-order valence-corrected chi connectivity index (χ4v) is 3.18. The number of carbonyl (C=O) groups is 2. The minimum absolute atomic E-state index is 0.00744. The summed E-state index contributed by atoms with van der Waals surface area (Å²) in [6.07, 6.45) is 6.30. The number of hydrogen-bond donors (Lipinski definition) is 0. The van der Waals surface area contributed by atoms with Gasteiger partial charge in [-0.1, -0.05) is 19.9 Å². The Bertz CT molecular complexity index is 874. The van der Waals surface area contributed by atoms with Gasteiger partial charge in [-0.05, 0) is 36.5 Å². The number of methoxy groups -OCH3 is 2. The van der Waals surface area contributed by atoms with Crippen molar-refractivity contribution < 1.29 is 19.1 Å². The number of nitrogens with zero attached hydrogens (tertiary/aromatic N) is 4. The van der Waals surface area contributed by atoms with Crippen LogP contribution in [0.3, 0.4) is 0 Å². The van der Waals surface area contributed by atoms with E-state index in [-0.39, 0.29) is 18.2 Å². The topological polar surface area (TPSA) is 84.9 Å². The minimum atomic E-state index is -0.195. The van der Waals surface area contributed by atoms with Crippen LogP contribution in [0.4, 0.5) is 0 Å². The lowest BCUT2D eigenvalue weighted by atomic mass is 10.1. The molecule has 2 amide bonds. The zero-order chi connectivity index (χ0) is 23.5. The number of aromatic nitrogens is 2. The molecule has 32 heavy (non-hydrogen) atoms. The van der Waals surface area contributed by atoms with E-state index in [1.165, 1.54) is 18.6 Å². The highest BCUT2D eigenvalue weighted by Gasteiger charge is 2.19. The minimum Gasteiger partial charge on any atom is -0.493 e. The van der Waals surface area contributed by atoms with Crippen molar-refractivity contribution in [1.29, 1.82) is 0 Å². The van der Waals surface area contributed by atoms with Crippen molar-refractivity contribution in [3.63, 3.8) is 0 Å². The molecule has 1 heterocycles. The van der Waals surface area contributed by atoms with E-state index in [2.05, 4.69) is 23.8 Å². The summed E-state index contributed by atoms with van der Waals surface area (Å²) in [7, 11) is 4.99. The first-order valence-corrected chi connectivity index (χ1v) is 10.9. The van der Waals surface area contributed by atoms with Crippen LogP contribution in [0.1, 0.15) is 42.7 Å². The standard InChI is InChI=1S/C24H34N4O4/c1-18(2)8-14-28(24(30)20-17-25-11-12-26-20)15-10-23(29)27(3)13-9-19-6-7-21(31-4)22(16-19)32-5/h6-7,11-12,16-18H,8-10,13-15H2,1-5H3. The molecule has 8 heteroatoms. The molecule has 0 spiro atoms. The Hall–Kier alpha value is -3.16. The van der Waals surface area contributed by atoms with Crippen LogP contribution in [0.5, 0.6) is 11.5 Å². The lowest BCUT2D eigenvalue weighted by Crippen LogP contribution is -2.37. The van der Waals surface area contributed by atoms with Gasteiger partial charge in [-0.15, -0.1) is 0 Å². The molecule has 2 aromatic rings. The van der Waals surface area contributed by atoms with Crippen LogP contribution in [0.25, 0.3) is 0 Å². The van der Waals surface area contributed by atoms with Crippen LogP contribution in [-0.2, 0) is 11.2 Å². The molecule has 1 aromatic heterocycles. The number of hydrogen-bond acceptors (Lipinski definition) is 6. The molecule has 0 bridgehead atoms. The fraction of sp³-hybridized carbons (Fsp3) is 0.500. The van der Waals surface area contributed by atoms with E-state index >= 15 is 0 Å². The molecule has 0 atom stereocenters. The molecule has 0 unspecified atom stereocenters. The second-order valence-electron chi connectivity index (χ2n) is 8.07. The highest BCUT2D eigenvalue weighted by atomic mass is 16.5. The van der Waals surface area contributed by atoms with Crippen molar-refractivity contribution in [3.8, 4) is 11.5 Å². The third-order valence-corrected chi connectivity index (χ3v) is 5.25. The molecule has 0 radical (unpaired) electrons. The maximum absolute atomic E-state index is 12.8. The Morgan fingerprint density at radius 3 is 2.41 bits per heavy atom. The van der Waals surface area contributed by atoms with Crippen LogP contribution in [0, 0.1) is 5.92 Å². The molecule has 1 aromatic carbocycles. The second kappa shape index (κ2) is 12.6. The van der Waals surface area contributed by atoms with Crippen molar-refractivity contribution in [2.45, 2.75) is 33.1 Å². The van der Waals surface area contributed by atoms with E-state index in [1.807, 2.05) is 18.2 Å². The van der Waals surface area contributed by atoms with Gasteiger partial charge in [0, 0.05) is 45.5 Å². The van der Waals surface area contributed by atoms with Gasteiger partial charge in [0.2, 0.25) is 5.91 Å². The average Bonchev–Trinajstić information content (AvgIpc) is 2.82. The molecule has 0 aliphatic carbocycles. The maximum atomic E-state index is 12.8. The van der Waals surface area contributed by atoms with E-state index in [0.29, 0.717) is 49.2 Å². The summed E-state index contributed by atoms with van der Waals surface area (Å²) in [5.74, 6) is 1.59. The van der Waals surface area contributed by atoms with Crippen LogP contribution < -0.4 is 9.47 Å². The van der Waals surface area contributed by atoms with E-state index in [9.17, 15) is 9.59 Å². The van der Waals surface area contributed by atoms with Crippen molar-refractivity contribution in [3.05, 3.63) is 48.0 Å². The Morgan fingerprint density at radius 1 is 1.03 bits per heavy atom. The molecule has 0 fully saturated rings. The molecule has 2 rings (SSSR count). The smallest absolute Gasteiger partial charge is 0.274 e. The second-order valence-corrected chi connectivity index (χ2v) is 8.07. The number of likely N-dealkylation sites (N-methyl/N-ethyl adjacent to an activating group) is 1. The van der Waals surface area contributed by atoms with Gasteiger partial charge in [0.15, 0.2) is 11.5 Å². The molecule has 0 N–H and O–H groups in total. The van der Waals surface area contributed by atoms with Gasteiger partial charge in [-0.3, -0.25) is 14.6 Å². The van der Waals surface area contributed by atoms with Crippen molar-refractivity contribution in [2.24, 2.45) is 5.92 Å². The number of ether oxygens (including phenoxy) is 2. The van der Waals surface area contributed by atoms with Gasteiger partial charge in [-0.25, -0.2) is 4.98 Å². The third-order valence-electron chi connectivity index (χ3n) is 5.25. The molecule has 0 saturated carbocycles. The predicted octanol–water partition coefficient (Wildman–Crippen LogP) is 3.07. The maximum Gasteiger partial charge on any atom is 0.274 e. The Balaban J connectivity index is 1.92. The Labute approximate surface area is 190 Å². The summed E-state index contributed by atoms with van der Waals surface area (Å²) in [6.45, 7) is 5.71. The monoisotopic (exact) mass is 442 g/mol. The summed E-state index contributed by atoms with van der Waals surface area (Å²) in [5.41, 5.74) is 1.35. The molecule has 0 saturated heterocycles. The zero-order valence-electron chi connectivity index (χ0n) is 19.7. The summed E-state index contributed by atoms with van der Waals surface area (Å²) < 4.78 is 10.6. The largest absolute Gasteiger partial charge is 0.493 e. The van der Waals surface area contributed by atoms with E-state index in [1.54, 1.807) is 31.1 Å². The average molecular weight is 443 g/mol. The molecule has 174 valence electrons. The van der Waals surface area contributed by atoms with Gasteiger partial charge in [0.1, 0.15) is 5.69 Å². The van der Waals surface area contributed by atoms with Crippen molar-refractivity contribution in [2.75, 3.05) is 40.9 Å². The lowest BCUT2D eigenvalue weighted by molar-refractivity contribution is -0.130. The van der Waals surface area contributed by atoms with E-state index in [0.717, 1.165) is 12.0 Å². The molecular weight excluding hydrogens is 408 g/mol. The van der Waals surface area contributed by atoms with Gasteiger partial charge in [-0.2, -0.15) is 0 Å². The third kappa shape index (κ3) is 7.51. The molecule has 0 aliphatic rings. The summed E-state index contributed by atoms with van der Waals surface area (Å²) in [6, 6.07) is 5.75. The molecular formula is C24H34N4O4. The van der Waals surface area contributed by atoms with Crippen LogP contribution in [0.15, 0.2) is 36.8 Å². The summed E-state index contributed by atoms with van der Waals surface area (Å²) in [5, 5.41) is 0. The van der Waals surface area contributed by atoms with Crippen LogP contribution in [0.2, 0.25) is 0 Å². The zero-order valence-corrected chi connectivity index (χ0v) is 19.7. The SMILES string of the molecule is COc1ccc(CCN(C)C(=O)CCN(CCC(C)C)C(=O)c2cnccn2)cc1OC. The van der Waals surface area contributed by atoms with Gasteiger partial charge >= 0.3 is 0 Å². The Morgan fingerprint density at radius 2 is 1.78 bits per heavy atom. The first-order chi connectivity index (χ1) is 15.3. The van der Waals surface area contributed by atoms with Crippen LogP contribution >= 0.6 is 0 Å². The highest BCUT2D eigenvalue weighted by molar-refractivity contribution is 5.92. The van der Waals surface area contributed by atoms with E-state index in [4.69, 9.17) is 9.47 Å². The predicted molar refractivity (Wildman–Crippen MR) is 123 cm³/mol. The molecule has 0 aliphatic heterocycles. The number of rotatable bonds is 12. The number of carbonyl (C=O) groups excluding carboxylic acids is 2. The van der Waals surface area contributed by atoms with E-state index < -0.39 is 0 Å². The molecule has 8 nitrogen and oxygen atoms in total. The van der Waals surface area contributed by atoms with Crippen molar-refractivity contribution in [1.82, 2.24) is 19.8 Å². The van der Waals surface area contributed by atoms with Gasteiger partial charge < -0.3 is 19.3 Å². The summed E-state index contributed by atoms with van der Waals surface area (Å²) in [4.78, 5) is 37.0. The fourth-order valence-electron chi connectivity index (χ4n) is 3.18. The quantitative estimate of drug-likeness (QED) is 0.502. The number of benzene rings is 1. The Kier molecular flexibility index (Phi) is 9.91. The normalized spacial score (nSPS) is 10.7. The lowest BCUT2D eigenvalue weighted by Gasteiger charge is -2.24. The van der Waals surface area contributed by atoms with Gasteiger partial charge in [0.05, 0.1) is 20.4 Å². The first kappa shape index (κ1) is 25.1. The van der Waals surface area contributed by atoms with Gasteiger partial charge in [0.25, 0.3) is 5.91 Å². The van der Waals surface area contributed by atoms with Crippen LogP contribution in [-0.4, -0.2) is 72.5 Å². The van der Waals surface area contributed by atoms with Crippen molar-refractivity contribution >= 4 is 11.8 Å². The highest BCUT2D eigenvalue weighted by Crippen LogP contribution is 2.27. The first-order valence-electron chi connectivity index (χ1n) is 10.9. The number of amides is 2. The summed E-state index contributed by atoms with van der Waals surface area (Å²) >= 11 is 0.